The number of hydrogen-bond acceptors (Lipinski definition) is 6. The van der Waals surface area contributed by atoms with E-state index in [4.69, 9.17) is 9.26 Å². The molecule has 0 bridgehead atoms. The summed E-state index contributed by atoms with van der Waals surface area (Å²) in [4.78, 5) is 18.8. The van der Waals surface area contributed by atoms with E-state index >= 15 is 0 Å². The number of ether oxygens (including phenoxy) is 1. The Morgan fingerprint density at radius 3 is 2.64 bits per heavy atom. The van der Waals surface area contributed by atoms with E-state index < -0.39 is 0 Å². The summed E-state index contributed by atoms with van der Waals surface area (Å²) in [6.07, 6.45) is 3.55. The van der Waals surface area contributed by atoms with Crippen LogP contribution in [-0.4, -0.2) is 53.8 Å². The molecule has 134 valence electrons. The van der Waals surface area contributed by atoms with Crippen molar-refractivity contribution in [3.05, 3.63) is 47.6 Å². The predicted octanol–water partition coefficient (Wildman–Crippen LogP) is 2.00. The van der Waals surface area contributed by atoms with Crippen molar-refractivity contribution in [1.82, 2.24) is 20.4 Å². The highest BCUT2D eigenvalue weighted by Gasteiger charge is 2.24. The van der Waals surface area contributed by atoms with Gasteiger partial charge in [0.15, 0.2) is 5.69 Å². The fourth-order valence-corrected chi connectivity index (χ4v) is 2.88. The Hall–Kier alpha value is -2.25. The summed E-state index contributed by atoms with van der Waals surface area (Å²) in [7, 11) is 0. The fourth-order valence-electron chi connectivity index (χ4n) is 2.88. The first-order chi connectivity index (χ1) is 12.1. The highest BCUT2D eigenvalue weighted by Crippen LogP contribution is 2.21. The molecule has 1 atom stereocenters. The molecule has 1 amide bonds. The van der Waals surface area contributed by atoms with Gasteiger partial charge in [0, 0.05) is 44.0 Å². The van der Waals surface area contributed by atoms with Gasteiger partial charge in [0.2, 0.25) is 0 Å². The number of aromatic nitrogens is 2. The van der Waals surface area contributed by atoms with Crippen molar-refractivity contribution in [1.29, 1.82) is 0 Å². The molecule has 0 aliphatic carbocycles. The van der Waals surface area contributed by atoms with E-state index in [1.807, 2.05) is 26.0 Å². The van der Waals surface area contributed by atoms with Crippen molar-refractivity contribution >= 4 is 5.91 Å². The number of rotatable bonds is 6. The number of nitrogens with one attached hydrogen (secondary N) is 1. The van der Waals surface area contributed by atoms with Crippen LogP contribution >= 0.6 is 0 Å². The molecule has 1 aliphatic rings. The number of carbonyl (C=O) groups is 1. The van der Waals surface area contributed by atoms with Crippen LogP contribution in [0.15, 0.2) is 35.1 Å². The summed E-state index contributed by atoms with van der Waals surface area (Å²) in [5, 5.41) is 6.85. The Bertz CT molecular complexity index is 681. The summed E-state index contributed by atoms with van der Waals surface area (Å²) in [6, 6.07) is 5.75. The normalized spacial score (nSPS) is 16.8. The van der Waals surface area contributed by atoms with Crippen LogP contribution in [0.4, 0.5) is 0 Å². The molecular formula is C18H24N4O3. The first kappa shape index (κ1) is 17.6. The van der Waals surface area contributed by atoms with Crippen molar-refractivity contribution in [2.24, 2.45) is 0 Å². The third-order valence-corrected chi connectivity index (χ3v) is 4.36. The topological polar surface area (TPSA) is 80.5 Å². The average molecular weight is 344 g/mol. The molecule has 7 heteroatoms. The Labute approximate surface area is 147 Å². The quantitative estimate of drug-likeness (QED) is 0.863. The summed E-state index contributed by atoms with van der Waals surface area (Å²) in [5.74, 6) is 0.693. The van der Waals surface area contributed by atoms with Crippen molar-refractivity contribution in [3.8, 4) is 0 Å². The molecule has 1 N–H and O–H groups in total. The highest BCUT2D eigenvalue weighted by atomic mass is 16.5. The maximum Gasteiger partial charge on any atom is 0.273 e. The van der Waals surface area contributed by atoms with Gasteiger partial charge in [0.05, 0.1) is 19.3 Å². The summed E-state index contributed by atoms with van der Waals surface area (Å²) >= 11 is 0. The fraction of sp³-hybridized carbons (Fsp3) is 0.500. The van der Waals surface area contributed by atoms with Gasteiger partial charge in [-0.1, -0.05) is 19.0 Å². The number of amides is 1. The number of carbonyl (C=O) groups excluding carboxylic acids is 1. The summed E-state index contributed by atoms with van der Waals surface area (Å²) in [5.41, 5.74) is 1.44. The smallest absolute Gasteiger partial charge is 0.273 e. The lowest BCUT2D eigenvalue weighted by Crippen LogP contribution is -2.43. The van der Waals surface area contributed by atoms with E-state index in [1.54, 1.807) is 18.5 Å². The largest absolute Gasteiger partial charge is 0.379 e. The van der Waals surface area contributed by atoms with Gasteiger partial charge in [-0.05, 0) is 17.7 Å². The Balaban J connectivity index is 1.68. The first-order valence-corrected chi connectivity index (χ1v) is 8.61. The van der Waals surface area contributed by atoms with E-state index in [0.717, 1.165) is 18.7 Å². The molecule has 0 spiro atoms. The number of morpholine rings is 1. The maximum absolute atomic E-state index is 12.4. The molecule has 2 aromatic rings. The molecule has 25 heavy (non-hydrogen) atoms. The molecule has 0 aromatic carbocycles. The minimum atomic E-state index is -0.219. The van der Waals surface area contributed by atoms with E-state index in [0.29, 0.717) is 31.2 Å². The van der Waals surface area contributed by atoms with Crippen LogP contribution in [0.1, 0.15) is 47.6 Å². The summed E-state index contributed by atoms with van der Waals surface area (Å²) < 4.78 is 10.7. The van der Waals surface area contributed by atoms with Crippen LogP contribution in [0, 0.1) is 0 Å². The number of pyridine rings is 1. The number of hydrogen-bond donors (Lipinski definition) is 1. The minimum Gasteiger partial charge on any atom is -0.379 e. The maximum atomic E-state index is 12.4. The van der Waals surface area contributed by atoms with Gasteiger partial charge < -0.3 is 14.6 Å². The van der Waals surface area contributed by atoms with E-state index in [2.05, 4.69) is 20.4 Å². The second kappa shape index (κ2) is 8.22. The molecule has 0 unspecified atom stereocenters. The Morgan fingerprint density at radius 2 is 2.00 bits per heavy atom. The Kier molecular flexibility index (Phi) is 5.78. The average Bonchev–Trinajstić information content (AvgIpc) is 3.14. The predicted molar refractivity (Wildman–Crippen MR) is 92.3 cm³/mol. The van der Waals surface area contributed by atoms with Crippen molar-refractivity contribution < 1.29 is 14.1 Å². The number of nitrogens with zero attached hydrogens (tertiary/aromatic N) is 3. The van der Waals surface area contributed by atoms with Gasteiger partial charge in [0.1, 0.15) is 5.76 Å². The highest BCUT2D eigenvalue weighted by molar-refractivity contribution is 5.92. The summed E-state index contributed by atoms with van der Waals surface area (Å²) in [6.45, 7) is 7.58. The standard InChI is InChI=1S/C18H24N4O3/c1-13(2)17-11-15(21-25-17)18(23)20-12-16(14-3-5-19-6-4-14)22-7-9-24-10-8-22/h3-6,11,13,16H,7-10,12H2,1-2H3,(H,20,23)/t16-/m0/s1. The Morgan fingerprint density at radius 1 is 1.28 bits per heavy atom. The van der Waals surface area contributed by atoms with Crippen molar-refractivity contribution in [2.45, 2.75) is 25.8 Å². The molecular weight excluding hydrogens is 320 g/mol. The van der Waals surface area contributed by atoms with Crippen molar-refractivity contribution in [3.63, 3.8) is 0 Å². The van der Waals surface area contributed by atoms with E-state index in [1.165, 1.54) is 0 Å². The van der Waals surface area contributed by atoms with E-state index in [-0.39, 0.29) is 17.9 Å². The molecule has 1 fully saturated rings. The minimum absolute atomic E-state index is 0.0762. The lowest BCUT2D eigenvalue weighted by molar-refractivity contribution is 0.0162. The van der Waals surface area contributed by atoms with Crippen molar-refractivity contribution in [2.75, 3.05) is 32.8 Å². The van der Waals surface area contributed by atoms with Gasteiger partial charge in [-0.25, -0.2) is 0 Å². The zero-order valence-electron chi connectivity index (χ0n) is 14.6. The van der Waals surface area contributed by atoms with Gasteiger partial charge in [-0.3, -0.25) is 14.7 Å². The third kappa shape index (κ3) is 4.43. The van der Waals surface area contributed by atoms with Crippen LogP contribution in [0.5, 0.6) is 0 Å². The zero-order valence-corrected chi connectivity index (χ0v) is 14.6. The third-order valence-electron chi connectivity index (χ3n) is 4.36. The second-order valence-corrected chi connectivity index (χ2v) is 6.42. The zero-order chi connectivity index (χ0) is 17.6. The van der Waals surface area contributed by atoms with Crippen LogP contribution in [0.25, 0.3) is 0 Å². The monoisotopic (exact) mass is 344 g/mol. The van der Waals surface area contributed by atoms with Crippen LogP contribution in [0.3, 0.4) is 0 Å². The van der Waals surface area contributed by atoms with Crippen LogP contribution < -0.4 is 5.32 Å². The molecule has 7 nitrogen and oxygen atoms in total. The van der Waals surface area contributed by atoms with Gasteiger partial charge in [-0.15, -0.1) is 0 Å². The van der Waals surface area contributed by atoms with Gasteiger partial charge >= 0.3 is 0 Å². The molecule has 0 saturated carbocycles. The van der Waals surface area contributed by atoms with E-state index in [9.17, 15) is 4.79 Å². The molecule has 1 aliphatic heterocycles. The molecule has 3 heterocycles. The lowest BCUT2D eigenvalue weighted by Gasteiger charge is -2.34. The van der Waals surface area contributed by atoms with Gasteiger partial charge in [-0.2, -0.15) is 0 Å². The van der Waals surface area contributed by atoms with Gasteiger partial charge in [0.25, 0.3) is 5.91 Å². The van der Waals surface area contributed by atoms with Crippen LogP contribution in [0.2, 0.25) is 0 Å². The molecule has 3 rings (SSSR count). The first-order valence-electron chi connectivity index (χ1n) is 8.61. The second-order valence-electron chi connectivity index (χ2n) is 6.42. The molecule has 0 radical (unpaired) electrons. The molecule has 2 aromatic heterocycles. The van der Waals surface area contributed by atoms with Crippen LogP contribution in [-0.2, 0) is 4.74 Å². The SMILES string of the molecule is CC(C)c1cc(C(=O)NC[C@@H](c2ccncc2)N2CCOCC2)no1. The lowest BCUT2D eigenvalue weighted by atomic mass is 10.1. The molecule has 1 saturated heterocycles.